The van der Waals surface area contributed by atoms with Gasteiger partial charge in [-0.3, -0.25) is 4.98 Å². The van der Waals surface area contributed by atoms with Crippen LogP contribution in [0.25, 0.3) is 21.6 Å². The Labute approximate surface area is 187 Å². The lowest BCUT2D eigenvalue weighted by atomic mass is 9.49. The first kappa shape index (κ1) is 18.6. The molecule has 0 amide bonds. The number of aromatic nitrogens is 3. The Kier molecular flexibility index (Phi) is 4.19. The smallest absolute Gasteiger partial charge is 0.164 e. The molecule has 8 rings (SSSR count). The predicted octanol–water partition coefficient (Wildman–Crippen LogP) is 6.26. The van der Waals surface area contributed by atoms with Crippen LogP contribution >= 0.6 is 11.3 Å². The second-order valence-corrected chi connectivity index (χ2v) is 11.9. The lowest BCUT2D eigenvalue weighted by Gasteiger charge is -2.57. The van der Waals surface area contributed by atoms with Crippen molar-refractivity contribution in [2.24, 2.45) is 23.2 Å². The van der Waals surface area contributed by atoms with Crippen molar-refractivity contribution in [2.75, 3.05) is 11.9 Å². The normalized spacial score (nSPS) is 31.2. The highest BCUT2D eigenvalue weighted by atomic mass is 32.1. The third-order valence-corrected chi connectivity index (χ3v) is 9.72. The van der Waals surface area contributed by atoms with E-state index < -0.39 is 0 Å². The fourth-order valence-corrected chi connectivity index (χ4v) is 8.95. The number of pyridine rings is 1. The van der Waals surface area contributed by atoms with E-state index in [-0.39, 0.29) is 0 Å². The van der Waals surface area contributed by atoms with Crippen LogP contribution in [0.4, 0.5) is 5.82 Å². The molecule has 0 spiro atoms. The summed E-state index contributed by atoms with van der Waals surface area (Å²) < 4.78 is 0. The number of thiophene rings is 1. The summed E-state index contributed by atoms with van der Waals surface area (Å²) in [6, 6.07) is 4.05. The average molecular weight is 431 g/mol. The van der Waals surface area contributed by atoms with Crippen molar-refractivity contribution in [1.29, 1.82) is 0 Å². The van der Waals surface area contributed by atoms with E-state index in [2.05, 4.69) is 16.4 Å². The van der Waals surface area contributed by atoms with Crippen LogP contribution in [0, 0.1) is 23.2 Å². The maximum absolute atomic E-state index is 5.11. The second-order valence-electron chi connectivity index (χ2n) is 10.8. The first-order valence-corrected chi connectivity index (χ1v) is 13.0. The van der Waals surface area contributed by atoms with Crippen molar-refractivity contribution in [2.45, 2.75) is 64.2 Å². The summed E-state index contributed by atoms with van der Waals surface area (Å²) >= 11 is 1.90. The van der Waals surface area contributed by atoms with Crippen LogP contribution in [-0.4, -0.2) is 21.5 Å². The van der Waals surface area contributed by atoms with Crippen LogP contribution in [0.3, 0.4) is 0 Å². The van der Waals surface area contributed by atoms with Gasteiger partial charge in [0.2, 0.25) is 0 Å². The molecule has 3 aromatic rings. The number of anilines is 1. The molecule has 1 N–H and O–H groups in total. The molecule has 5 aliphatic rings. The Morgan fingerprint density at radius 3 is 2.52 bits per heavy atom. The number of nitrogens with one attached hydrogen (secondary N) is 1. The van der Waals surface area contributed by atoms with Gasteiger partial charge in [-0.05, 0) is 105 Å². The quantitative estimate of drug-likeness (QED) is 0.531. The maximum Gasteiger partial charge on any atom is 0.164 e. The molecule has 4 saturated carbocycles. The summed E-state index contributed by atoms with van der Waals surface area (Å²) in [5, 5.41) is 5.24. The Hall–Kier alpha value is -2.01. The molecule has 4 fully saturated rings. The fourth-order valence-electron chi connectivity index (χ4n) is 7.69. The largest absolute Gasteiger partial charge is 0.369 e. The number of aryl methyl sites for hydroxylation is 2. The van der Waals surface area contributed by atoms with E-state index in [1.54, 1.807) is 0 Å². The van der Waals surface area contributed by atoms with Crippen LogP contribution in [0.15, 0.2) is 24.5 Å². The van der Waals surface area contributed by atoms with E-state index in [4.69, 9.17) is 9.97 Å². The minimum Gasteiger partial charge on any atom is -0.369 e. The molecule has 3 heterocycles. The van der Waals surface area contributed by atoms with Crippen LogP contribution in [0.1, 0.15) is 61.8 Å². The van der Waals surface area contributed by atoms with Gasteiger partial charge in [0.1, 0.15) is 10.6 Å². The number of hydrogen-bond donors (Lipinski definition) is 1. The van der Waals surface area contributed by atoms with E-state index in [9.17, 15) is 0 Å². The molecule has 4 nitrogen and oxygen atoms in total. The van der Waals surface area contributed by atoms with E-state index in [0.717, 1.165) is 46.3 Å². The van der Waals surface area contributed by atoms with Crippen molar-refractivity contribution in [3.05, 3.63) is 35.0 Å². The standard InChI is InChI=1S/C26H30N4S/c1-2-6-21-20(5-1)22-24(29-23(30-25(22)31-21)19-4-3-7-27-14-19)28-15-26-11-16-8-17(12-26)10-18(9-16)13-26/h3-4,7,14,16-18H,1-2,5-6,8-13,15H2,(H,28,29,30). The zero-order chi connectivity index (χ0) is 20.4. The summed E-state index contributed by atoms with van der Waals surface area (Å²) in [6.45, 7) is 1.08. The molecule has 0 radical (unpaired) electrons. The molecular formula is C26H30N4S. The summed E-state index contributed by atoms with van der Waals surface area (Å²) in [5.41, 5.74) is 3.03. The van der Waals surface area contributed by atoms with Gasteiger partial charge in [0.25, 0.3) is 0 Å². The number of nitrogens with zero attached hydrogens (tertiary/aromatic N) is 3. The molecule has 5 aliphatic carbocycles. The molecule has 0 aliphatic heterocycles. The SMILES string of the molecule is c1cncc(-c2nc(NCC34CC5CC(CC(C5)C3)C4)c3c4c(sc3n2)CCCC4)c1. The average Bonchev–Trinajstić information content (AvgIpc) is 3.16. The lowest BCUT2D eigenvalue weighted by Crippen LogP contribution is -2.49. The summed E-state index contributed by atoms with van der Waals surface area (Å²) in [7, 11) is 0. The van der Waals surface area contributed by atoms with Gasteiger partial charge < -0.3 is 5.32 Å². The third kappa shape index (κ3) is 3.11. The van der Waals surface area contributed by atoms with Gasteiger partial charge in [-0.2, -0.15) is 0 Å². The Bertz CT molecular complexity index is 1100. The minimum atomic E-state index is 0.497. The van der Waals surface area contributed by atoms with Gasteiger partial charge in [-0.25, -0.2) is 9.97 Å². The van der Waals surface area contributed by atoms with Gasteiger partial charge in [0.15, 0.2) is 5.82 Å². The van der Waals surface area contributed by atoms with Gasteiger partial charge in [-0.15, -0.1) is 11.3 Å². The highest BCUT2D eigenvalue weighted by Gasteiger charge is 2.50. The first-order chi connectivity index (χ1) is 15.2. The van der Waals surface area contributed by atoms with Crippen LogP contribution in [0.2, 0.25) is 0 Å². The Balaban J connectivity index is 1.29. The minimum absolute atomic E-state index is 0.497. The third-order valence-electron chi connectivity index (χ3n) is 8.53. The number of rotatable bonds is 4. The molecule has 0 unspecified atom stereocenters. The zero-order valence-electron chi connectivity index (χ0n) is 18.1. The fraction of sp³-hybridized carbons (Fsp3) is 0.577. The molecule has 5 heteroatoms. The molecule has 4 bridgehead atoms. The summed E-state index contributed by atoms with van der Waals surface area (Å²) in [6.07, 6.45) is 17.5. The van der Waals surface area contributed by atoms with Gasteiger partial charge in [-0.1, -0.05) is 0 Å². The molecule has 0 aromatic carbocycles. The van der Waals surface area contributed by atoms with Crippen molar-refractivity contribution >= 4 is 27.4 Å². The van der Waals surface area contributed by atoms with E-state index in [1.807, 2.05) is 29.8 Å². The van der Waals surface area contributed by atoms with Crippen LogP contribution < -0.4 is 5.32 Å². The molecule has 160 valence electrons. The molecular weight excluding hydrogens is 400 g/mol. The van der Waals surface area contributed by atoms with Gasteiger partial charge in [0, 0.05) is 29.4 Å². The van der Waals surface area contributed by atoms with Crippen molar-refractivity contribution in [3.63, 3.8) is 0 Å². The second kappa shape index (κ2) is 6.99. The van der Waals surface area contributed by atoms with Gasteiger partial charge >= 0.3 is 0 Å². The lowest BCUT2D eigenvalue weighted by molar-refractivity contribution is -0.0444. The van der Waals surface area contributed by atoms with Crippen LogP contribution in [-0.2, 0) is 12.8 Å². The predicted molar refractivity (Wildman–Crippen MR) is 126 cm³/mol. The zero-order valence-corrected chi connectivity index (χ0v) is 18.9. The maximum atomic E-state index is 5.11. The van der Waals surface area contributed by atoms with Gasteiger partial charge in [0.05, 0.1) is 5.39 Å². The van der Waals surface area contributed by atoms with Crippen LogP contribution in [0.5, 0.6) is 0 Å². The topological polar surface area (TPSA) is 50.7 Å². The number of hydrogen-bond acceptors (Lipinski definition) is 5. The van der Waals surface area contributed by atoms with E-state index in [1.165, 1.54) is 80.0 Å². The summed E-state index contributed by atoms with van der Waals surface area (Å²) in [4.78, 5) is 17.1. The molecule has 3 aromatic heterocycles. The molecule has 0 saturated heterocycles. The highest BCUT2D eigenvalue weighted by Crippen LogP contribution is 2.60. The Morgan fingerprint density at radius 1 is 1.00 bits per heavy atom. The highest BCUT2D eigenvalue weighted by molar-refractivity contribution is 7.19. The van der Waals surface area contributed by atoms with E-state index >= 15 is 0 Å². The molecule has 0 atom stereocenters. The first-order valence-electron chi connectivity index (χ1n) is 12.2. The summed E-state index contributed by atoms with van der Waals surface area (Å²) in [5.74, 6) is 4.85. The van der Waals surface area contributed by atoms with Crippen molar-refractivity contribution in [1.82, 2.24) is 15.0 Å². The van der Waals surface area contributed by atoms with Crippen molar-refractivity contribution in [3.8, 4) is 11.4 Å². The van der Waals surface area contributed by atoms with Crippen molar-refractivity contribution < 1.29 is 0 Å². The molecule has 31 heavy (non-hydrogen) atoms. The van der Waals surface area contributed by atoms with E-state index in [0.29, 0.717) is 5.41 Å². The monoisotopic (exact) mass is 430 g/mol. The number of fused-ring (bicyclic) bond motifs is 3. The Morgan fingerprint density at radius 2 is 1.77 bits per heavy atom.